The third-order valence-corrected chi connectivity index (χ3v) is 4.12. The molecule has 1 aliphatic carbocycles. The molecule has 3 nitrogen and oxygen atoms in total. The van der Waals surface area contributed by atoms with Gasteiger partial charge in [-0.3, -0.25) is 4.79 Å². The summed E-state index contributed by atoms with van der Waals surface area (Å²) in [7, 11) is 0. The topological polar surface area (TPSA) is 46.3 Å². The quantitative estimate of drug-likeness (QED) is 0.715. The highest BCUT2D eigenvalue weighted by Gasteiger charge is 2.57. The zero-order valence-corrected chi connectivity index (χ0v) is 9.29. The van der Waals surface area contributed by atoms with Crippen LogP contribution in [0.3, 0.4) is 0 Å². The van der Waals surface area contributed by atoms with Crippen LogP contribution < -0.4 is 5.73 Å². The van der Waals surface area contributed by atoms with Crippen LogP contribution in [-0.4, -0.2) is 29.4 Å². The van der Waals surface area contributed by atoms with E-state index in [9.17, 15) is 4.79 Å². The molecule has 0 aromatic heterocycles. The summed E-state index contributed by atoms with van der Waals surface area (Å²) >= 11 is 0. The molecular formula is C11H20N2O. The molecule has 2 rings (SSSR count). The molecule has 0 radical (unpaired) electrons. The lowest BCUT2D eigenvalue weighted by Crippen LogP contribution is -2.33. The van der Waals surface area contributed by atoms with Crippen LogP contribution in [0.2, 0.25) is 0 Å². The van der Waals surface area contributed by atoms with Crippen molar-refractivity contribution in [2.45, 2.75) is 45.7 Å². The van der Waals surface area contributed by atoms with Gasteiger partial charge >= 0.3 is 0 Å². The lowest BCUT2D eigenvalue weighted by atomic mass is 9.94. The summed E-state index contributed by atoms with van der Waals surface area (Å²) in [6, 6.07) is 0.531. The van der Waals surface area contributed by atoms with Crippen LogP contribution in [0.15, 0.2) is 0 Å². The molecule has 3 unspecified atom stereocenters. The number of nitrogens with zero attached hydrogens (tertiary/aromatic N) is 1. The smallest absolute Gasteiger partial charge is 0.224 e. The maximum Gasteiger partial charge on any atom is 0.224 e. The minimum atomic E-state index is 0.0690. The molecule has 0 aromatic rings. The van der Waals surface area contributed by atoms with Crippen molar-refractivity contribution in [1.29, 1.82) is 0 Å². The van der Waals surface area contributed by atoms with Gasteiger partial charge in [-0.2, -0.15) is 0 Å². The molecule has 1 heterocycles. The first-order chi connectivity index (χ1) is 6.45. The molecule has 1 amide bonds. The van der Waals surface area contributed by atoms with Crippen LogP contribution in [0.1, 0.15) is 33.6 Å². The van der Waals surface area contributed by atoms with Gasteiger partial charge in [-0.15, -0.1) is 0 Å². The molecule has 14 heavy (non-hydrogen) atoms. The molecule has 1 saturated carbocycles. The maximum absolute atomic E-state index is 11.6. The van der Waals surface area contributed by atoms with Crippen molar-refractivity contribution >= 4 is 5.91 Å². The Balaban J connectivity index is 2.03. The van der Waals surface area contributed by atoms with Crippen molar-refractivity contribution in [2.24, 2.45) is 17.1 Å². The van der Waals surface area contributed by atoms with E-state index in [-0.39, 0.29) is 11.9 Å². The summed E-state index contributed by atoms with van der Waals surface area (Å²) in [5, 5.41) is 0. The summed E-state index contributed by atoms with van der Waals surface area (Å²) in [6.45, 7) is 7.52. The Morgan fingerprint density at radius 1 is 1.57 bits per heavy atom. The van der Waals surface area contributed by atoms with E-state index in [2.05, 4.69) is 20.8 Å². The average molecular weight is 196 g/mol. The number of hydrogen-bond donors (Lipinski definition) is 1. The third kappa shape index (κ3) is 1.34. The number of carbonyl (C=O) groups excluding carboxylic acids is 1. The number of nitrogens with two attached hydrogens (primary N) is 1. The van der Waals surface area contributed by atoms with Gasteiger partial charge in [-0.05, 0) is 17.8 Å². The van der Waals surface area contributed by atoms with Crippen LogP contribution in [-0.2, 0) is 4.79 Å². The summed E-state index contributed by atoms with van der Waals surface area (Å²) in [5.41, 5.74) is 6.13. The number of carbonyl (C=O) groups is 1. The van der Waals surface area contributed by atoms with Crippen molar-refractivity contribution in [3.63, 3.8) is 0 Å². The van der Waals surface area contributed by atoms with E-state index >= 15 is 0 Å². The van der Waals surface area contributed by atoms with Gasteiger partial charge in [-0.1, -0.05) is 20.8 Å². The Labute approximate surface area is 85.6 Å². The lowest BCUT2D eigenvalue weighted by molar-refractivity contribution is -0.128. The molecule has 80 valence electrons. The van der Waals surface area contributed by atoms with Crippen molar-refractivity contribution in [2.75, 3.05) is 6.54 Å². The van der Waals surface area contributed by atoms with Gasteiger partial charge in [0.2, 0.25) is 5.91 Å². The molecule has 1 saturated heterocycles. The minimum Gasteiger partial charge on any atom is -0.338 e. The van der Waals surface area contributed by atoms with Gasteiger partial charge in [0.1, 0.15) is 0 Å². The van der Waals surface area contributed by atoms with E-state index in [1.54, 1.807) is 0 Å². The van der Waals surface area contributed by atoms with Gasteiger partial charge in [0, 0.05) is 25.0 Å². The highest BCUT2D eigenvalue weighted by atomic mass is 16.2. The first kappa shape index (κ1) is 9.97. The highest BCUT2D eigenvalue weighted by Crippen LogP contribution is 2.55. The molecule has 3 atom stereocenters. The van der Waals surface area contributed by atoms with E-state index < -0.39 is 0 Å². The molecule has 0 aromatic carbocycles. The largest absolute Gasteiger partial charge is 0.338 e. The predicted octanol–water partition coefficient (Wildman–Crippen LogP) is 0.981. The van der Waals surface area contributed by atoms with Gasteiger partial charge < -0.3 is 10.6 Å². The van der Waals surface area contributed by atoms with E-state index in [1.165, 1.54) is 0 Å². The average Bonchev–Trinajstić information content (AvgIpc) is 2.64. The molecule has 2 N–H and O–H groups in total. The normalized spacial score (nSPS) is 42.4. The molecule has 0 bridgehead atoms. The number of likely N-dealkylation sites (tertiary alicyclic amines) is 1. The van der Waals surface area contributed by atoms with Crippen molar-refractivity contribution in [1.82, 2.24) is 4.90 Å². The zero-order valence-electron chi connectivity index (χ0n) is 9.29. The minimum absolute atomic E-state index is 0.0690. The Bertz CT molecular complexity index is 264. The van der Waals surface area contributed by atoms with Crippen LogP contribution in [0, 0.1) is 11.3 Å². The van der Waals surface area contributed by atoms with Crippen LogP contribution in [0.25, 0.3) is 0 Å². The standard InChI is InChI=1S/C11H20N2O/c1-7(2)11(3)5-9(11)13-6-8(12)4-10(13)14/h7-9H,4-6,12H2,1-3H3. The molecule has 1 aliphatic heterocycles. The second-order valence-electron chi connectivity index (χ2n) is 5.39. The zero-order chi connectivity index (χ0) is 10.5. The van der Waals surface area contributed by atoms with Crippen molar-refractivity contribution in [3.8, 4) is 0 Å². The van der Waals surface area contributed by atoms with Gasteiger partial charge in [-0.25, -0.2) is 0 Å². The van der Waals surface area contributed by atoms with Gasteiger partial charge in [0.25, 0.3) is 0 Å². The lowest BCUT2D eigenvalue weighted by Gasteiger charge is -2.22. The van der Waals surface area contributed by atoms with Crippen LogP contribution in [0.5, 0.6) is 0 Å². The summed E-state index contributed by atoms with van der Waals surface area (Å²) in [6.07, 6.45) is 1.70. The van der Waals surface area contributed by atoms with Gasteiger partial charge in [0.05, 0.1) is 0 Å². The number of hydrogen-bond acceptors (Lipinski definition) is 2. The molecule has 0 spiro atoms. The number of amides is 1. The summed E-state index contributed by atoms with van der Waals surface area (Å²) < 4.78 is 0. The summed E-state index contributed by atoms with van der Waals surface area (Å²) in [5.74, 6) is 0.906. The fraction of sp³-hybridized carbons (Fsp3) is 0.909. The Kier molecular flexibility index (Phi) is 2.11. The molecular weight excluding hydrogens is 176 g/mol. The second-order valence-corrected chi connectivity index (χ2v) is 5.39. The van der Waals surface area contributed by atoms with E-state index in [0.717, 1.165) is 13.0 Å². The fourth-order valence-electron chi connectivity index (χ4n) is 2.51. The van der Waals surface area contributed by atoms with Gasteiger partial charge in [0.15, 0.2) is 0 Å². The fourth-order valence-corrected chi connectivity index (χ4v) is 2.51. The molecule has 3 heteroatoms. The monoisotopic (exact) mass is 196 g/mol. The van der Waals surface area contributed by atoms with E-state index in [1.807, 2.05) is 4.90 Å². The second kappa shape index (κ2) is 2.96. The predicted molar refractivity (Wildman–Crippen MR) is 55.7 cm³/mol. The SMILES string of the molecule is CC(C)C1(C)CC1N1CC(N)CC1=O. The summed E-state index contributed by atoms with van der Waals surface area (Å²) in [4.78, 5) is 13.6. The highest BCUT2D eigenvalue weighted by molar-refractivity contribution is 5.80. The molecule has 2 fully saturated rings. The maximum atomic E-state index is 11.6. The van der Waals surface area contributed by atoms with Crippen molar-refractivity contribution in [3.05, 3.63) is 0 Å². The third-order valence-electron chi connectivity index (χ3n) is 4.12. The first-order valence-electron chi connectivity index (χ1n) is 5.50. The Hall–Kier alpha value is -0.570. The van der Waals surface area contributed by atoms with Crippen LogP contribution in [0.4, 0.5) is 0 Å². The van der Waals surface area contributed by atoms with E-state index in [0.29, 0.717) is 23.8 Å². The van der Waals surface area contributed by atoms with Crippen molar-refractivity contribution < 1.29 is 4.79 Å². The number of rotatable bonds is 2. The Morgan fingerprint density at radius 2 is 2.21 bits per heavy atom. The Morgan fingerprint density at radius 3 is 2.57 bits per heavy atom. The molecule has 2 aliphatic rings. The van der Waals surface area contributed by atoms with E-state index in [4.69, 9.17) is 5.73 Å². The van der Waals surface area contributed by atoms with Crippen LogP contribution >= 0.6 is 0 Å². The first-order valence-corrected chi connectivity index (χ1v) is 5.50.